The number of anilines is 2. The van der Waals surface area contributed by atoms with Gasteiger partial charge >= 0.3 is 0 Å². The fraction of sp³-hybridized carbons (Fsp3) is 0.417. The first-order valence-electron chi connectivity index (χ1n) is 5.56. The number of nitrogens with two attached hydrogens (primary N) is 1. The highest BCUT2D eigenvalue weighted by Gasteiger charge is 2.17. The third kappa shape index (κ3) is 2.34. The average Bonchev–Trinajstić information content (AvgIpc) is 2.52. The van der Waals surface area contributed by atoms with Gasteiger partial charge in [0.25, 0.3) is 0 Å². The third-order valence-electron chi connectivity index (χ3n) is 2.61. The van der Waals surface area contributed by atoms with Gasteiger partial charge in [0, 0.05) is 12.7 Å². The zero-order valence-corrected chi connectivity index (χ0v) is 10.4. The van der Waals surface area contributed by atoms with Crippen LogP contribution in [0.2, 0.25) is 0 Å². The van der Waals surface area contributed by atoms with Crippen LogP contribution in [0.4, 0.5) is 11.6 Å². The minimum absolute atomic E-state index is 0.425. The molecule has 1 heterocycles. The molecule has 0 saturated carbocycles. The molecule has 0 aliphatic heterocycles. The zero-order chi connectivity index (χ0) is 12.6. The van der Waals surface area contributed by atoms with Crippen molar-refractivity contribution in [3.63, 3.8) is 0 Å². The molecular formula is C12H18N4O. The maximum Gasteiger partial charge on any atom is 0.201 e. The Hall–Kier alpha value is -1.75. The first kappa shape index (κ1) is 11.7. The van der Waals surface area contributed by atoms with E-state index in [-0.39, 0.29) is 0 Å². The minimum Gasteiger partial charge on any atom is -0.389 e. The summed E-state index contributed by atoms with van der Waals surface area (Å²) in [5.41, 5.74) is 7.81. The Bertz CT molecular complexity index is 539. The molecule has 5 nitrogen and oxygen atoms in total. The number of fused-ring (bicyclic) bond motifs is 1. The molecule has 0 aliphatic carbocycles. The van der Waals surface area contributed by atoms with Crippen molar-refractivity contribution in [1.29, 1.82) is 0 Å². The first-order valence-corrected chi connectivity index (χ1v) is 5.56. The predicted molar refractivity (Wildman–Crippen MR) is 70.0 cm³/mol. The number of nitrogens with one attached hydrogen (secondary N) is 1. The van der Waals surface area contributed by atoms with Gasteiger partial charge in [-0.15, -0.1) is 0 Å². The predicted octanol–water partition coefficient (Wildman–Crippen LogP) is 1.43. The Labute approximate surface area is 100 Å². The molecule has 0 spiro atoms. The Balaban J connectivity index is 2.52. The van der Waals surface area contributed by atoms with E-state index in [4.69, 9.17) is 5.73 Å². The van der Waals surface area contributed by atoms with Gasteiger partial charge in [-0.05, 0) is 32.0 Å². The van der Waals surface area contributed by atoms with E-state index in [1.54, 1.807) is 13.8 Å². The van der Waals surface area contributed by atoms with Crippen molar-refractivity contribution in [3.8, 4) is 0 Å². The van der Waals surface area contributed by atoms with Gasteiger partial charge in [-0.1, -0.05) is 0 Å². The molecule has 0 atom stereocenters. The van der Waals surface area contributed by atoms with Gasteiger partial charge in [0.15, 0.2) is 0 Å². The van der Waals surface area contributed by atoms with Crippen LogP contribution >= 0.6 is 0 Å². The van der Waals surface area contributed by atoms with Crippen molar-refractivity contribution in [2.24, 2.45) is 0 Å². The summed E-state index contributed by atoms with van der Waals surface area (Å²) in [7, 11) is 1.86. The summed E-state index contributed by atoms with van der Waals surface area (Å²) in [6, 6.07) is 5.85. The number of rotatable bonds is 3. The average molecular weight is 234 g/mol. The smallest absolute Gasteiger partial charge is 0.201 e. The van der Waals surface area contributed by atoms with Crippen LogP contribution in [-0.4, -0.2) is 27.3 Å². The van der Waals surface area contributed by atoms with Crippen LogP contribution in [0.25, 0.3) is 11.0 Å². The molecule has 92 valence electrons. The molecule has 0 bridgehead atoms. The number of aliphatic hydroxyl groups is 1. The van der Waals surface area contributed by atoms with Crippen molar-refractivity contribution < 1.29 is 5.11 Å². The quantitative estimate of drug-likeness (QED) is 0.751. The summed E-state index contributed by atoms with van der Waals surface area (Å²) >= 11 is 0. The van der Waals surface area contributed by atoms with Crippen LogP contribution in [0.1, 0.15) is 13.8 Å². The lowest BCUT2D eigenvalue weighted by atomic mass is 10.1. The maximum atomic E-state index is 9.86. The summed E-state index contributed by atoms with van der Waals surface area (Å²) in [5, 5.41) is 12.9. The highest BCUT2D eigenvalue weighted by molar-refractivity contribution is 5.82. The number of hydrogen-bond acceptors (Lipinski definition) is 4. The molecule has 0 aliphatic rings. The Kier molecular flexibility index (Phi) is 2.71. The summed E-state index contributed by atoms with van der Waals surface area (Å²) in [6.07, 6.45) is 0. The van der Waals surface area contributed by atoms with Crippen molar-refractivity contribution in [3.05, 3.63) is 18.2 Å². The number of nitrogen functional groups attached to an aromatic ring is 1. The van der Waals surface area contributed by atoms with Gasteiger partial charge in [0.05, 0.1) is 23.2 Å². The van der Waals surface area contributed by atoms with Crippen LogP contribution in [0.5, 0.6) is 0 Å². The molecule has 5 heteroatoms. The molecular weight excluding hydrogens is 216 g/mol. The molecule has 4 N–H and O–H groups in total. The van der Waals surface area contributed by atoms with Crippen LogP contribution in [0.3, 0.4) is 0 Å². The molecule has 0 amide bonds. The highest BCUT2D eigenvalue weighted by Crippen LogP contribution is 2.23. The van der Waals surface area contributed by atoms with Crippen molar-refractivity contribution in [1.82, 2.24) is 9.55 Å². The number of nitrogens with zero attached hydrogens (tertiary/aromatic N) is 2. The maximum absolute atomic E-state index is 9.86. The molecule has 0 radical (unpaired) electrons. The van der Waals surface area contributed by atoms with Crippen molar-refractivity contribution >= 4 is 22.7 Å². The normalized spacial score (nSPS) is 12.0. The molecule has 2 aromatic rings. The van der Waals surface area contributed by atoms with E-state index in [2.05, 4.69) is 10.3 Å². The standard InChI is InChI=1S/C12H18N4O/c1-12(2,17)7-16-10-5-4-8(14-3)6-9(10)15-11(16)13/h4-6,14,17H,7H2,1-3H3,(H2,13,15). The van der Waals surface area contributed by atoms with Gasteiger partial charge in [0.2, 0.25) is 5.95 Å². The summed E-state index contributed by atoms with van der Waals surface area (Å²) < 4.78 is 1.83. The van der Waals surface area contributed by atoms with Gasteiger partial charge in [-0.2, -0.15) is 0 Å². The van der Waals surface area contributed by atoms with E-state index in [0.29, 0.717) is 12.5 Å². The van der Waals surface area contributed by atoms with Gasteiger partial charge in [0.1, 0.15) is 0 Å². The van der Waals surface area contributed by atoms with Crippen molar-refractivity contribution in [2.75, 3.05) is 18.1 Å². The zero-order valence-electron chi connectivity index (χ0n) is 10.4. The second-order valence-corrected chi connectivity index (χ2v) is 4.82. The molecule has 1 aromatic carbocycles. The largest absolute Gasteiger partial charge is 0.389 e. The van der Waals surface area contributed by atoms with E-state index >= 15 is 0 Å². The third-order valence-corrected chi connectivity index (χ3v) is 2.61. The molecule has 2 rings (SSSR count). The Morgan fingerprint density at radius 3 is 2.76 bits per heavy atom. The van der Waals surface area contributed by atoms with Gasteiger partial charge in [-0.25, -0.2) is 4.98 Å². The van der Waals surface area contributed by atoms with Crippen LogP contribution in [-0.2, 0) is 6.54 Å². The lowest BCUT2D eigenvalue weighted by Gasteiger charge is -2.19. The van der Waals surface area contributed by atoms with Gasteiger partial charge < -0.3 is 20.7 Å². The highest BCUT2D eigenvalue weighted by atomic mass is 16.3. The number of benzene rings is 1. The van der Waals surface area contributed by atoms with Crippen LogP contribution in [0, 0.1) is 0 Å². The van der Waals surface area contributed by atoms with Crippen LogP contribution in [0.15, 0.2) is 18.2 Å². The first-order chi connectivity index (χ1) is 7.90. The topological polar surface area (TPSA) is 76.1 Å². The van der Waals surface area contributed by atoms with E-state index in [9.17, 15) is 5.11 Å². The lowest BCUT2D eigenvalue weighted by molar-refractivity contribution is 0.0633. The van der Waals surface area contributed by atoms with Gasteiger partial charge in [-0.3, -0.25) is 0 Å². The van der Waals surface area contributed by atoms with E-state index in [1.807, 2.05) is 29.8 Å². The Morgan fingerprint density at radius 2 is 2.18 bits per heavy atom. The summed E-state index contributed by atoms with van der Waals surface area (Å²) in [4.78, 5) is 4.30. The van der Waals surface area contributed by atoms with Crippen LogP contribution < -0.4 is 11.1 Å². The van der Waals surface area contributed by atoms with E-state index in [0.717, 1.165) is 16.7 Å². The molecule has 0 fully saturated rings. The fourth-order valence-corrected chi connectivity index (χ4v) is 1.86. The summed E-state index contributed by atoms with van der Waals surface area (Å²) in [5.74, 6) is 0.426. The van der Waals surface area contributed by atoms with E-state index < -0.39 is 5.60 Å². The second-order valence-electron chi connectivity index (χ2n) is 4.82. The minimum atomic E-state index is -0.816. The monoisotopic (exact) mass is 234 g/mol. The summed E-state index contributed by atoms with van der Waals surface area (Å²) in [6.45, 7) is 3.93. The lowest BCUT2D eigenvalue weighted by Crippen LogP contribution is -2.26. The SMILES string of the molecule is CNc1ccc2c(c1)nc(N)n2CC(C)(C)O. The number of hydrogen-bond donors (Lipinski definition) is 3. The molecule has 0 saturated heterocycles. The molecule has 17 heavy (non-hydrogen) atoms. The number of imidazole rings is 1. The number of aromatic nitrogens is 2. The Morgan fingerprint density at radius 1 is 1.47 bits per heavy atom. The fourth-order valence-electron chi connectivity index (χ4n) is 1.86. The second kappa shape index (κ2) is 3.92. The molecule has 1 aromatic heterocycles. The molecule has 0 unspecified atom stereocenters. The van der Waals surface area contributed by atoms with E-state index in [1.165, 1.54) is 0 Å². The van der Waals surface area contributed by atoms with Crippen molar-refractivity contribution in [2.45, 2.75) is 26.0 Å².